The molecular formula is C15H21NO4. The van der Waals surface area contributed by atoms with Crippen LogP contribution in [0.15, 0.2) is 12.2 Å². The van der Waals surface area contributed by atoms with Gasteiger partial charge in [-0.05, 0) is 19.8 Å². The molecule has 0 rings (SSSR count). The van der Waals surface area contributed by atoms with Crippen LogP contribution in [0.4, 0.5) is 0 Å². The summed E-state index contributed by atoms with van der Waals surface area (Å²) in [5, 5.41) is 8.42. The molecule has 0 N–H and O–H groups in total. The van der Waals surface area contributed by atoms with Crippen LogP contribution in [0.5, 0.6) is 0 Å². The minimum Gasteiger partial charge on any atom is -0.450 e. The first kappa shape index (κ1) is 18.0. The van der Waals surface area contributed by atoms with Crippen LogP contribution >= 0.6 is 0 Å². The van der Waals surface area contributed by atoms with Crippen LogP contribution in [0.25, 0.3) is 0 Å². The molecule has 0 heterocycles. The molecule has 0 amide bonds. The van der Waals surface area contributed by atoms with Crippen molar-refractivity contribution in [1.29, 1.82) is 5.26 Å². The van der Waals surface area contributed by atoms with E-state index < -0.39 is 23.6 Å². The van der Waals surface area contributed by atoms with Crippen molar-refractivity contribution in [3.63, 3.8) is 0 Å². The van der Waals surface area contributed by atoms with Gasteiger partial charge < -0.3 is 4.74 Å². The first-order valence-electron chi connectivity index (χ1n) is 6.74. The summed E-state index contributed by atoms with van der Waals surface area (Å²) in [6.07, 6.45) is 1.66. The highest BCUT2D eigenvalue weighted by Crippen LogP contribution is 2.12. The smallest absolute Gasteiger partial charge is 0.333 e. The zero-order chi connectivity index (χ0) is 15.5. The molecule has 0 saturated carbocycles. The Hall–Kier alpha value is -1.96. The second-order valence-corrected chi connectivity index (χ2v) is 4.62. The first-order chi connectivity index (χ1) is 9.43. The van der Waals surface area contributed by atoms with Gasteiger partial charge in [0, 0.05) is 18.4 Å². The van der Waals surface area contributed by atoms with Crippen LogP contribution in [0.2, 0.25) is 0 Å². The lowest BCUT2D eigenvalue weighted by Gasteiger charge is -2.16. The van der Waals surface area contributed by atoms with E-state index in [-0.39, 0.29) is 18.4 Å². The fourth-order valence-corrected chi connectivity index (χ4v) is 1.53. The van der Waals surface area contributed by atoms with E-state index >= 15 is 0 Å². The molecular weight excluding hydrogens is 258 g/mol. The maximum Gasteiger partial charge on any atom is 0.333 e. The Morgan fingerprint density at radius 2 is 1.95 bits per heavy atom. The van der Waals surface area contributed by atoms with Crippen LogP contribution in [-0.4, -0.2) is 23.6 Å². The maximum absolute atomic E-state index is 11.9. The monoisotopic (exact) mass is 279 g/mol. The van der Waals surface area contributed by atoms with E-state index in [1.54, 1.807) is 0 Å². The van der Waals surface area contributed by atoms with Crippen LogP contribution in [0, 0.1) is 11.3 Å². The molecule has 0 aliphatic heterocycles. The van der Waals surface area contributed by atoms with Crippen molar-refractivity contribution in [2.24, 2.45) is 0 Å². The number of hydrogen-bond donors (Lipinski definition) is 0. The minimum atomic E-state index is -1.06. The predicted molar refractivity (Wildman–Crippen MR) is 73.7 cm³/mol. The molecule has 0 aliphatic rings. The van der Waals surface area contributed by atoms with Crippen LogP contribution in [0.1, 0.15) is 52.4 Å². The molecule has 0 radical (unpaired) electrons. The Kier molecular flexibility index (Phi) is 8.93. The highest BCUT2D eigenvalue weighted by Gasteiger charge is 2.27. The Morgan fingerprint density at radius 3 is 2.45 bits per heavy atom. The maximum atomic E-state index is 11.9. The molecule has 0 saturated heterocycles. The van der Waals surface area contributed by atoms with Crippen molar-refractivity contribution >= 4 is 17.5 Å². The van der Waals surface area contributed by atoms with E-state index in [0.717, 1.165) is 12.8 Å². The second-order valence-electron chi connectivity index (χ2n) is 4.62. The third kappa shape index (κ3) is 6.83. The number of esters is 1. The number of carbonyl (C=O) groups is 3. The molecule has 5 nitrogen and oxygen atoms in total. The molecule has 0 fully saturated rings. The van der Waals surface area contributed by atoms with Crippen LogP contribution in [0.3, 0.4) is 0 Å². The fraction of sp³-hybridized carbons (Fsp3) is 0.600. The van der Waals surface area contributed by atoms with Crippen molar-refractivity contribution in [3.8, 4) is 6.07 Å². The third-order valence-electron chi connectivity index (χ3n) is 2.70. The molecule has 0 spiro atoms. The lowest BCUT2D eigenvalue weighted by Crippen LogP contribution is -2.33. The molecule has 0 aromatic carbocycles. The van der Waals surface area contributed by atoms with E-state index in [9.17, 15) is 14.4 Å². The number of carbonyl (C=O) groups excluding carboxylic acids is 3. The van der Waals surface area contributed by atoms with Crippen molar-refractivity contribution in [1.82, 2.24) is 0 Å². The summed E-state index contributed by atoms with van der Waals surface area (Å²) >= 11 is 0. The van der Waals surface area contributed by atoms with E-state index in [1.807, 2.05) is 13.0 Å². The molecule has 0 aromatic heterocycles. The van der Waals surface area contributed by atoms with Gasteiger partial charge in [-0.1, -0.05) is 26.3 Å². The summed E-state index contributed by atoms with van der Waals surface area (Å²) < 4.78 is 5.03. The van der Waals surface area contributed by atoms with Crippen molar-refractivity contribution < 1.29 is 19.1 Å². The van der Waals surface area contributed by atoms with Gasteiger partial charge in [-0.3, -0.25) is 9.59 Å². The SMILES string of the molecule is C=C(C)C(=O)OC(CCCCC)C(=O)C(=O)CCC#N. The fourth-order valence-electron chi connectivity index (χ4n) is 1.53. The average molecular weight is 279 g/mol. The topological polar surface area (TPSA) is 84.2 Å². The minimum absolute atomic E-state index is 0.0132. The summed E-state index contributed by atoms with van der Waals surface area (Å²) in [5.74, 6) is -2.07. The van der Waals surface area contributed by atoms with E-state index in [1.165, 1.54) is 6.92 Å². The van der Waals surface area contributed by atoms with E-state index in [2.05, 4.69) is 6.58 Å². The zero-order valence-corrected chi connectivity index (χ0v) is 12.1. The normalized spacial score (nSPS) is 11.2. The van der Waals surface area contributed by atoms with Crippen molar-refractivity contribution in [3.05, 3.63) is 12.2 Å². The lowest BCUT2D eigenvalue weighted by molar-refractivity contribution is -0.154. The summed E-state index contributed by atoms with van der Waals surface area (Å²) in [6.45, 7) is 6.93. The number of ketones is 2. The largest absolute Gasteiger partial charge is 0.450 e. The van der Waals surface area contributed by atoms with Gasteiger partial charge in [-0.2, -0.15) is 5.26 Å². The van der Waals surface area contributed by atoms with Crippen LogP contribution in [-0.2, 0) is 19.1 Å². The van der Waals surface area contributed by atoms with Crippen LogP contribution < -0.4 is 0 Å². The highest BCUT2D eigenvalue weighted by molar-refractivity contribution is 6.39. The number of hydrogen-bond acceptors (Lipinski definition) is 5. The number of ether oxygens (including phenoxy) is 1. The Bertz CT molecular complexity index is 420. The number of Topliss-reactive ketones (excluding diaryl/α,β-unsaturated/α-hetero) is 2. The van der Waals surface area contributed by atoms with Gasteiger partial charge in [0.1, 0.15) is 0 Å². The molecule has 0 aliphatic carbocycles. The summed E-state index contributed by atoms with van der Waals surface area (Å²) in [6, 6.07) is 1.81. The molecule has 110 valence electrons. The molecule has 1 unspecified atom stereocenters. The standard InChI is InChI=1S/C15H21NO4/c1-4-5-6-9-13(20-15(19)11(2)3)14(18)12(17)8-7-10-16/h13H,2,4-9H2,1,3H3. The molecule has 1 atom stereocenters. The third-order valence-corrected chi connectivity index (χ3v) is 2.70. The highest BCUT2D eigenvalue weighted by atomic mass is 16.5. The van der Waals surface area contributed by atoms with Gasteiger partial charge in [0.15, 0.2) is 6.10 Å². The second kappa shape index (κ2) is 9.90. The van der Waals surface area contributed by atoms with Gasteiger partial charge in [0.25, 0.3) is 0 Å². The summed E-state index contributed by atoms with van der Waals surface area (Å²) in [7, 11) is 0. The number of nitrogens with zero attached hydrogens (tertiary/aromatic N) is 1. The van der Waals surface area contributed by atoms with Crippen molar-refractivity contribution in [2.75, 3.05) is 0 Å². The van der Waals surface area contributed by atoms with E-state index in [4.69, 9.17) is 10.00 Å². The van der Waals surface area contributed by atoms with Gasteiger partial charge in [-0.25, -0.2) is 4.79 Å². The van der Waals surface area contributed by atoms with Gasteiger partial charge >= 0.3 is 5.97 Å². The molecule has 0 bridgehead atoms. The number of unbranched alkanes of at least 4 members (excludes halogenated alkanes) is 2. The van der Waals surface area contributed by atoms with Gasteiger partial charge in [0.05, 0.1) is 6.07 Å². The average Bonchev–Trinajstić information content (AvgIpc) is 2.42. The summed E-state index contributed by atoms with van der Waals surface area (Å²) in [4.78, 5) is 35.0. The van der Waals surface area contributed by atoms with Gasteiger partial charge in [0.2, 0.25) is 11.6 Å². The Morgan fingerprint density at radius 1 is 1.30 bits per heavy atom. The Balaban J connectivity index is 4.69. The molecule has 5 heteroatoms. The molecule has 20 heavy (non-hydrogen) atoms. The number of nitriles is 1. The molecule has 0 aromatic rings. The van der Waals surface area contributed by atoms with Crippen molar-refractivity contribution in [2.45, 2.75) is 58.5 Å². The quantitative estimate of drug-likeness (QED) is 0.265. The van der Waals surface area contributed by atoms with Gasteiger partial charge in [-0.15, -0.1) is 0 Å². The Labute approximate surface area is 119 Å². The van der Waals surface area contributed by atoms with E-state index in [0.29, 0.717) is 12.8 Å². The zero-order valence-electron chi connectivity index (χ0n) is 12.1. The first-order valence-corrected chi connectivity index (χ1v) is 6.74. The number of rotatable bonds is 10. The lowest BCUT2D eigenvalue weighted by atomic mass is 10.0. The predicted octanol–water partition coefficient (Wildman–Crippen LogP) is 2.50. The summed E-state index contributed by atoms with van der Waals surface area (Å²) in [5.41, 5.74) is 0.183.